The van der Waals surface area contributed by atoms with Crippen LogP contribution in [-0.4, -0.2) is 37.5 Å². The Balaban J connectivity index is 3.27. The Morgan fingerprint density at radius 3 is 2.53 bits per heavy atom. The molecule has 112 valence electrons. The molecule has 0 spiro atoms. The molecule has 0 saturated heterocycles. The largest absolute Gasteiger partial charge is 0.460 e. The lowest BCUT2D eigenvalue weighted by Gasteiger charge is -2.02. The van der Waals surface area contributed by atoms with Gasteiger partial charge in [-0.25, -0.2) is 4.79 Å². The number of aliphatic hydroxyl groups is 1. The maximum absolute atomic E-state index is 11.2. The minimum absolute atomic E-state index is 0.00783. The standard InChI is InChI=1S/C15H28O4/c1-2-3-4-5-6-7-8-9-10-15(17)19-14-13-18-12-11-16/h9-10,16H,2-8,11-14H2,1H3. The fraction of sp³-hybridized carbons (Fsp3) is 0.800. The average Bonchev–Trinajstić information content (AvgIpc) is 2.41. The molecule has 0 fully saturated rings. The summed E-state index contributed by atoms with van der Waals surface area (Å²) in [5.74, 6) is -0.321. The Bertz CT molecular complexity index is 226. The van der Waals surface area contributed by atoms with E-state index in [9.17, 15) is 4.79 Å². The van der Waals surface area contributed by atoms with Crippen molar-refractivity contribution in [1.29, 1.82) is 0 Å². The summed E-state index contributed by atoms with van der Waals surface area (Å²) in [6.07, 6.45) is 11.8. The van der Waals surface area contributed by atoms with Crippen LogP contribution in [0.25, 0.3) is 0 Å². The average molecular weight is 272 g/mol. The highest BCUT2D eigenvalue weighted by Crippen LogP contribution is 2.07. The number of ether oxygens (including phenoxy) is 2. The maximum atomic E-state index is 11.2. The van der Waals surface area contributed by atoms with Gasteiger partial charge in [-0.1, -0.05) is 45.1 Å². The van der Waals surface area contributed by atoms with E-state index < -0.39 is 0 Å². The normalized spacial score (nSPS) is 11.1. The van der Waals surface area contributed by atoms with Gasteiger partial charge in [-0.3, -0.25) is 0 Å². The van der Waals surface area contributed by atoms with E-state index in [1.807, 2.05) is 6.08 Å². The van der Waals surface area contributed by atoms with Gasteiger partial charge >= 0.3 is 5.97 Å². The van der Waals surface area contributed by atoms with Crippen LogP contribution in [-0.2, 0) is 14.3 Å². The van der Waals surface area contributed by atoms with E-state index in [4.69, 9.17) is 14.6 Å². The summed E-state index contributed by atoms with van der Waals surface area (Å²) in [6.45, 7) is 3.05. The Labute approximate surface area is 116 Å². The molecule has 1 N–H and O–H groups in total. The number of esters is 1. The monoisotopic (exact) mass is 272 g/mol. The molecule has 0 amide bonds. The summed E-state index contributed by atoms with van der Waals surface area (Å²) in [5, 5.41) is 8.47. The molecule has 19 heavy (non-hydrogen) atoms. The predicted molar refractivity (Wildman–Crippen MR) is 76.0 cm³/mol. The van der Waals surface area contributed by atoms with E-state index in [0.717, 1.165) is 12.8 Å². The van der Waals surface area contributed by atoms with E-state index in [0.29, 0.717) is 6.61 Å². The Morgan fingerprint density at radius 2 is 1.79 bits per heavy atom. The van der Waals surface area contributed by atoms with Crippen molar-refractivity contribution in [3.8, 4) is 0 Å². The zero-order valence-electron chi connectivity index (χ0n) is 12.1. The van der Waals surface area contributed by atoms with Crippen LogP contribution in [0.15, 0.2) is 12.2 Å². The molecule has 4 heteroatoms. The fourth-order valence-corrected chi connectivity index (χ4v) is 1.64. The topological polar surface area (TPSA) is 55.8 Å². The third-order valence-corrected chi connectivity index (χ3v) is 2.69. The molecular formula is C15H28O4. The van der Waals surface area contributed by atoms with Crippen LogP contribution in [0.2, 0.25) is 0 Å². The van der Waals surface area contributed by atoms with E-state index in [1.165, 1.54) is 38.2 Å². The van der Waals surface area contributed by atoms with Crippen LogP contribution in [0, 0.1) is 0 Å². The minimum Gasteiger partial charge on any atom is -0.460 e. The van der Waals surface area contributed by atoms with Gasteiger partial charge in [0.15, 0.2) is 0 Å². The first-order valence-corrected chi connectivity index (χ1v) is 7.33. The molecule has 0 atom stereocenters. The summed E-state index contributed by atoms with van der Waals surface area (Å²) in [5.41, 5.74) is 0. The molecule has 4 nitrogen and oxygen atoms in total. The predicted octanol–water partition coefficient (Wildman–Crippen LogP) is 2.85. The van der Waals surface area contributed by atoms with Crippen LogP contribution in [0.1, 0.15) is 51.9 Å². The highest BCUT2D eigenvalue weighted by molar-refractivity contribution is 5.81. The first-order chi connectivity index (χ1) is 9.31. The van der Waals surface area contributed by atoms with Gasteiger partial charge in [0, 0.05) is 6.08 Å². The third-order valence-electron chi connectivity index (χ3n) is 2.69. The first-order valence-electron chi connectivity index (χ1n) is 7.33. The highest BCUT2D eigenvalue weighted by Gasteiger charge is 1.96. The number of hydrogen-bond acceptors (Lipinski definition) is 4. The summed E-state index contributed by atoms with van der Waals surface area (Å²) >= 11 is 0. The zero-order valence-corrected chi connectivity index (χ0v) is 12.1. The minimum atomic E-state index is -0.321. The van der Waals surface area contributed by atoms with E-state index in [-0.39, 0.29) is 25.8 Å². The Kier molecular flexibility index (Phi) is 14.5. The quantitative estimate of drug-likeness (QED) is 0.318. The Morgan fingerprint density at radius 1 is 1.05 bits per heavy atom. The molecule has 0 aliphatic rings. The van der Waals surface area contributed by atoms with Crippen LogP contribution in [0.4, 0.5) is 0 Å². The van der Waals surface area contributed by atoms with E-state index >= 15 is 0 Å². The lowest BCUT2D eigenvalue weighted by Crippen LogP contribution is -2.10. The lowest BCUT2D eigenvalue weighted by molar-refractivity contribution is -0.139. The van der Waals surface area contributed by atoms with Crippen molar-refractivity contribution in [2.45, 2.75) is 51.9 Å². The third kappa shape index (κ3) is 15.1. The number of unbranched alkanes of at least 4 members (excludes halogenated alkanes) is 6. The molecule has 0 rings (SSSR count). The Hall–Kier alpha value is -0.870. The van der Waals surface area contributed by atoms with E-state index in [2.05, 4.69) is 6.92 Å². The molecule has 0 saturated carbocycles. The smallest absolute Gasteiger partial charge is 0.330 e. The van der Waals surface area contributed by atoms with Gasteiger partial charge < -0.3 is 14.6 Å². The van der Waals surface area contributed by atoms with Crippen molar-refractivity contribution in [3.63, 3.8) is 0 Å². The first kappa shape index (κ1) is 18.1. The van der Waals surface area contributed by atoms with Gasteiger partial charge in [0.1, 0.15) is 6.61 Å². The van der Waals surface area contributed by atoms with Crippen LogP contribution >= 0.6 is 0 Å². The number of rotatable bonds is 13. The van der Waals surface area contributed by atoms with Gasteiger partial charge in [0.05, 0.1) is 19.8 Å². The number of carbonyl (C=O) groups is 1. The van der Waals surface area contributed by atoms with Gasteiger partial charge in [-0.15, -0.1) is 0 Å². The molecule has 0 aliphatic heterocycles. The summed E-state index contributed by atoms with van der Waals surface area (Å²) in [7, 11) is 0. The molecule has 0 unspecified atom stereocenters. The SMILES string of the molecule is CCCCCCCCC=CC(=O)OCCOCCO. The molecule has 0 aliphatic carbocycles. The van der Waals surface area contributed by atoms with Crippen molar-refractivity contribution in [2.24, 2.45) is 0 Å². The summed E-state index contributed by atoms with van der Waals surface area (Å²) in [4.78, 5) is 11.2. The molecular weight excluding hydrogens is 244 g/mol. The zero-order chi connectivity index (χ0) is 14.2. The molecule has 0 heterocycles. The van der Waals surface area contributed by atoms with Crippen molar-refractivity contribution < 1.29 is 19.4 Å². The van der Waals surface area contributed by atoms with Crippen molar-refractivity contribution in [2.75, 3.05) is 26.4 Å². The number of aliphatic hydroxyl groups excluding tert-OH is 1. The van der Waals surface area contributed by atoms with Crippen molar-refractivity contribution >= 4 is 5.97 Å². The molecule has 0 radical (unpaired) electrons. The second kappa shape index (κ2) is 15.2. The van der Waals surface area contributed by atoms with Gasteiger partial charge in [-0.2, -0.15) is 0 Å². The van der Waals surface area contributed by atoms with Crippen molar-refractivity contribution in [1.82, 2.24) is 0 Å². The van der Waals surface area contributed by atoms with Gasteiger partial charge in [0.2, 0.25) is 0 Å². The van der Waals surface area contributed by atoms with E-state index in [1.54, 1.807) is 0 Å². The second-order valence-electron chi connectivity index (χ2n) is 4.46. The summed E-state index contributed by atoms with van der Waals surface area (Å²) < 4.78 is 9.89. The molecule has 0 aromatic rings. The number of allylic oxidation sites excluding steroid dienone is 1. The van der Waals surface area contributed by atoms with Gasteiger partial charge in [-0.05, 0) is 12.8 Å². The molecule has 0 aromatic heterocycles. The molecule has 0 aromatic carbocycles. The molecule has 0 bridgehead atoms. The summed E-state index contributed by atoms with van der Waals surface area (Å²) in [6, 6.07) is 0. The lowest BCUT2D eigenvalue weighted by atomic mass is 10.1. The maximum Gasteiger partial charge on any atom is 0.330 e. The van der Waals surface area contributed by atoms with Crippen LogP contribution in [0.3, 0.4) is 0 Å². The van der Waals surface area contributed by atoms with Gasteiger partial charge in [0.25, 0.3) is 0 Å². The van der Waals surface area contributed by atoms with Crippen molar-refractivity contribution in [3.05, 3.63) is 12.2 Å². The number of carbonyl (C=O) groups excluding carboxylic acids is 1. The van der Waals surface area contributed by atoms with Crippen LogP contribution < -0.4 is 0 Å². The highest BCUT2D eigenvalue weighted by atomic mass is 16.6. The number of hydrogen-bond donors (Lipinski definition) is 1. The second-order valence-corrected chi connectivity index (χ2v) is 4.46. The van der Waals surface area contributed by atoms with Crippen LogP contribution in [0.5, 0.6) is 0 Å². The fourth-order valence-electron chi connectivity index (χ4n) is 1.64.